The van der Waals surface area contributed by atoms with E-state index in [0.717, 1.165) is 24.3 Å². The summed E-state index contributed by atoms with van der Waals surface area (Å²) in [6.45, 7) is 0.275. The Morgan fingerprint density at radius 1 is 1.18 bits per heavy atom. The van der Waals surface area contributed by atoms with Gasteiger partial charge in [-0.1, -0.05) is 0 Å². The highest BCUT2D eigenvalue weighted by Crippen LogP contribution is 2.29. The lowest BCUT2D eigenvalue weighted by atomic mass is 10.1. The fourth-order valence-corrected chi connectivity index (χ4v) is 2.72. The predicted molar refractivity (Wildman–Crippen MR) is 94.4 cm³/mol. The number of carbonyl (C=O) groups excluding carboxylic acids is 2. The van der Waals surface area contributed by atoms with Gasteiger partial charge in [0, 0.05) is 11.3 Å². The smallest absolute Gasteiger partial charge is 0.416 e. The zero-order valence-electron chi connectivity index (χ0n) is 14.8. The van der Waals surface area contributed by atoms with Crippen molar-refractivity contribution >= 4 is 17.7 Å². The van der Waals surface area contributed by atoms with Crippen molar-refractivity contribution in [3.8, 4) is 5.75 Å². The van der Waals surface area contributed by atoms with Gasteiger partial charge in [0.15, 0.2) is 0 Å². The van der Waals surface area contributed by atoms with Crippen molar-refractivity contribution in [2.45, 2.75) is 12.3 Å². The van der Waals surface area contributed by atoms with E-state index in [1.165, 1.54) is 12.0 Å². The molecule has 1 unspecified atom stereocenters. The van der Waals surface area contributed by atoms with Crippen molar-refractivity contribution in [2.24, 2.45) is 0 Å². The summed E-state index contributed by atoms with van der Waals surface area (Å²) in [6, 6.07) is 10.7. The van der Waals surface area contributed by atoms with E-state index >= 15 is 0 Å². The van der Waals surface area contributed by atoms with E-state index in [4.69, 9.17) is 9.47 Å². The first-order valence-corrected chi connectivity index (χ1v) is 8.35. The molecule has 1 fully saturated rings. The highest BCUT2D eigenvalue weighted by Gasteiger charge is 2.33. The summed E-state index contributed by atoms with van der Waals surface area (Å²) in [5.74, 6) is 0.101. The number of amides is 2. The van der Waals surface area contributed by atoms with Crippen LogP contribution in [0.3, 0.4) is 0 Å². The lowest BCUT2D eigenvalue weighted by Crippen LogP contribution is -2.34. The molecule has 0 radical (unpaired) electrons. The molecule has 148 valence electrons. The largest absolute Gasteiger partial charge is 0.497 e. The Kier molecular flexibility index (Phi) is 5.43. The molecule has 0 spiro atoms. The van der Waals surface area contributed by atoms with Gasteiger partial charge in [0.25, 0.3) is 5.91 Å². The third-order valence-electron chi connectivity index (χ3n) is 4.22. The number of cyclic esters (lactones) is 1. The first-order chi connectivity index (χ1) is 13.3. The van der Waals surface area contributed by atoms with Gasteiger partial charge in [-0.2, -0.15) is 13.2 Å². The summed E-state index contributed by atoms with van der Waals surface area (Å²) in [6.07, 6.45) is -5.58. The van der Waals surface area contributed by atoms with Gasteiger partial charge in [0.2, 0.25) is 0 Å². The number of ether oxygens (including phenoxy) is 2. The number of anilines is 1. The van der Waals surface area contributed by atoms with Crippen LogP contribution in [0, 0.1) is 0 Å². The van der Waals surface area contributed by atoms with Crippen molar-refractivity contribution in [1.29, 1.82) is 0 Å². The van der Waals surface area contributed by atoms with Gasteiger partial charge in [0.05, 0.1) is 25.8 Å². The minimum Gasteiger partial charge on any atom is -0.497 e. The number of benzene rings is 2. The van der Waals surface area contributed by atoms with Crippen LogP contribution in [0.5, 0.6) is 5.75 Å². The molecule has 6 nitrogen and oxygen atoms in total. The molecule has 2 aromatic rings. The van der Waals surface area contributed by atoms with Gasteiger partial charge < -0.3 is 14.8 Å². The standard InChI is InChI=1S/C19H17F3N2O4/c1-27-15-8-6-14(7-9-15)24-11-16(28-18(24)26)10-23-17(25)12-2-4-13(5-3-12)19(20,21)22/h2-9,16H,10-11H2,1H3,(H,23,25). The van der Waals surface area contributed by atoms with E-state index in [2.05, 4.69) is 5.32 Å². The minimum atomic E-state index is -4.46. The van der Waals surface area contributed by atoms with Crippen molar-refractivity contribution in [1.82, 2.24) is 5.32 Å². The Morgan fingerprint density at radius 2 is 1.82 bits per heavy atom. The molecule has 1 N–H and O–H groups in total. The number of hydrogen-bond donors (Lipinski definition) is 1. The summed E-state index contributed by atoms with van der Waals surface area (Å²) in [5, 5.41) is 2.57. The summed E-state index contributed by atoms with van der Waals surface area (Å²) >= 11 is 0. The van der Waals surface area contributed by atoms with Crippen molar-refractivity contribution < 1.29 is 32.2 Å². The average Bonchev–Trinajstić information content (AvgIpc) is 3.06. The van der Waals surface area contributed by atoms with E-state index in [1.807, 2.05) is 0 Å². The number of methoxy groups -OCH3 is 1. The van der Waals surface area contributed by atoms with E-state index < -0.39 is 29.8 Å². The van der Waals surface area contributed by atoms with Crippen LogP contribution in [0.4, 0.5) is 23.7 Å². The minimum absolute atomic E-state index is 0.0399. The van der Waals surface area contributed by atoms with Crippen molar-refractivity contribution in [2.75, 3.05) is 25.1 Å². The first kappa shape index (κ1) is 19.5. The van der Waals surface area contributed by atoms with Crippen LogP contribution in [-0.2, 0) is 10.9 Å². The molecule has 9 heteroatoms. The maximum absolute atomic E-state index is 12.6. The van der Waals surface area contributed by atoms with Crippen LogP contribution in [0.25, 0.3) is 0 Å². The maximum atomic E-state index is 12.6. The molecule has 0 aliphatic carbocycles. The van der Waals surface area contributed by atoms with Gasteiger partial charge in [-0.25, -0.2) is 4.79 Å². The number of hydrogen-bond acceptors (Lipinski definition) is 4. The molecule has 1 saturated heterocycles. The Balaban J connectivity index is 1.56. The van der Waals surface area contributed by atoms with Gasteiger partial charge in [-0.3, -0.25) is 9.69 Å². The second-order valence-corrected chi connectivity index (χ2v) is 6.10. The lowest BCUT2D eigenvalue weighted by molar-refractivity contribution is -0.137. The van der Waals surface area contributed by atoms with Gasteiger partial charge >= 0.3 is 12.3 Å². The normalized spacial score (nSPS) is 16.6. The Labute approximate surface area is 158 Å². The summed E-state index contributed by atoms with van der Waals surface area (Å²) in [4.78, 5) is 25.6. The van der Waals surface area contributed by atoms with Crippen LogP contribution < -0.4 is 15.0 Å². The molecule has 1 aliphatic rings. The SMILES string of the molecule is COc1ccc(N2CC(CNC(=O)c3ccc(C(F)(F)F)cc3)OC2=O)cc1. The lowest BCUT2D eigenvalue weighted by Gasteiger charge is -2.13. The van der Waals surface area contributed by atoms with E-state index in [1.54, 1.807) is 24.3 Å². The summed E-state index contributed by atoms with van der Waals surface area (Å²) in [7, 11) is 1.54. The zero-order chi connectivity index (χ0) is 20.3. The quantitative estimate of drug-likeness (QED) is 0.843. The fraction of sp³-hybridized carbons (Fsp3) is 0.263. The predicted octanol–water partition coefficient (Wildman–Crippen LogP) is 3.47. The van der Waals surface area contributed by atoms with Crippen molar-refractivity contribution in [3.05, 3.63) is 59.7 Å². The Hall–Kier alpha value is -3.23. The van der Waals surface area contributed by atoms with E-state index in [9.17, 15) is 22.8 Å². The molecule has 1 aliphatic heterocycles. The second-order valence-electron chi connectivity index (χ2n) is 6.10. The molecular weight excluding hydrogens is 377 g/mol. The van der Waals surface area contributed by atoms with Gasteiger partial charge in [-0.15, -0.1) is 0 Å². The first-order valence-electron chi connectivity index (χ1n) is 8.35. The molecule has 2 amide bonds. The molecule has 2 aromatic carbocycles. The molecule has 28 heavy (non-hydrogen) atoms. The van der Waals surface area contributed by atoms with Crippen LogP contribution in [0.15, 0.2) is 48.5 Å². The zero-order valence-corrected chi connectivity index (χ0v) is 14.8. The Morgan fingerprint density at radius 3 is 2.39 bits per heavy atom. The summed E-state index contributed by atoms with van der Waals surface area (Å²) < 4.78 is 48.0. The van der Waals surface area contributed by atoms with E-state index in [-0.39, 0.29) is 18.7 Å². The molecule has 3 rings (SSSR count). The molecule has 1 heterocycles. The molecule has 0 aromatic heterocycles. The highest BCUT2D eigenvalue weighted by molar-refractivity contribution is 5.94. The monoisotopic (exact) mass is 394 g/mol. The van der Waals surface area contributed by atoms with Crippen molar-refractivity contribution in [3.63, 3.8) is 0 Å². The molecule has 0 saturated carbocycles. The average molecular weight is 394 g/mol. The van der Waals surface area contributed by atoms with Gasteiger partial charge in [-0.05, 0) is 48.5 Å². The molecule has 1 atom stereocenters. The number of carbonyl (C=O) groups is 2. The number of halogens is 3. The van der Waals surface area contributed by atoms with Crippen LogP contribution in [0.2, 0.25) is 0 Å². The van der Waals surface area contributed by atoms with Crippen LogP contribution in [0.1, 0.15) is 15.9 Å². The maximum Gasteiger partial charge on any atom is 0.416 e. The number of rotatable bonds is 5. The highest BCUT2D eigenvalue weighted by atomic mass is 19.4. The number of nitrogens with one attached hydrogen (secondary N) is 1. The van der Waals surface area contributed by atoms with E-state index in [0.29, 0.717) is 11.4 Å². The van der Waals surface area contributed by atoms with Crippen LogP contribution >= 0.6 is 0 Å². The van der Waals surface area contributed by atoms with Gasteiger partial charge in [0.1, 0.15) is 11.9 Å². The third-order valence-corrected chi connectivity index (χ3v) is 4.22. The topological polar surface area (TPSA) is 67.9 Å². The third kappa shape index (κ3) is 4.36. The molecule has 0 bridgehead atoms. The number of alkyl halides is 3. The second kappa shape index (κ2) is 7.79. The Bertz CT molecular complexity index is 851. The number of nitrogens with zero attached hydrogens (tertiary/aromatic N) is 1. The van der Waals surface area contributed by atoms with Crippen LogP contribution in [-0.4, -0.2) is 38.3 Å². The summed E-state index contributed by atoms with van der Waals surface area (Å²) in [5.41, 5.74) is -0.115. The fourth-order valence-electron chi connectivity index (χ4n) is 2.72. The molecular formula is C19H17F3N2O4.